The third-order valence-corrected chi connectivity index (χ3v) is 4.83. The van der Waals surface area contributed by atoms with E-state index in [9.17, 15) is 14.7 Å². The minimum absolute atomic E-state index is 0.144. The average Bonchev–Trinajstić information content (AvgIpc) is 2.64. The average molecular weight is 462 g/mol. The molecule has 0 bridgehead atoms. The lowest BCUT2D eigenvalue weighted by molar-refractivity contribution is -0.150. The molecule has 0 fully saturated rings. The molecule has 2 N–H and O–H groups in total. The molecule has 0 aromatic heterocycles. The Kier molecular flexibility index (Phi) is 7.41. The Morgan fingerprint density at radius 1 is 0.818 bits per heavy atom. The largest absolute Gasteiger partial charge is 0.502 e. The number of carbonyl (C=O) groups is 2. The lowest BCUT2D eigenvalue weighted by Crippen LogP contribution is -2.36. The molecule has 1 aromatic rings. The molecule has 0 unspecified atom stereocenters. The van der Waals surface area contributed by atoms with E-state index in [-0.39, 0.29) is 28.4 Å². The van der Waals surface area contributed by atoms with Crippen molar-refractivity contribution in [2.24, 2.45) is 0 Å². The summed E-state index contributed by atoms with van der Waals surface area (Å²) in [6.45, 7) is 14.1. The quantitative estimate of drug-likeness (QED) is 0.625. The van der Waals surface area contributed by atoms with Crippen LogP contribution in [0.1, 0.15) is 66.9 Å². The number of phenols is 1. The molecule has 1 aliphatic rings. The number of carbonyl (C=O) groups excluding carboxylic acids is 2. The van der Waals surface area contributed by atoms with Crippen LogP contribution in [0.25, 0.3) is 0 Å². The fourth-order valence-corrected chi connectivity index (χ4v) is 3.62. The zero-order valence-electron chi connectivity index (χ0n) is 21.1. The Morgan fingerprint density at radius 3 is 1.48 bits per heavy atom. The summed E-state index contributed by atoms with van der Waals surface area (Å²) in [5, 5.41) is 13.5. The second-order valence-corrected chi connectivity index (χ2v) is 9.91. The highest BCUT2D eigenvalue weighted by molar-refractivity contribution is 6.00. The maximum Gasteiger partial charge on any atom is 0.337 e. The van der Waals surface area contributed by atoms with Crippen molar-refractivity contribution in [2.45, 2.75) is 72.5 Å². The maximum absolute atomic E-state index is 13.3. The van der Waals surface area contributed by atoms with Crippen molar-refractivity contribution in [3.05, 3.63) is 40.2 Å². The number of aromatic hydroxyl groups is 1. The Morgan fingerprint density at radius 2 is 1.18 bits per heavy atom. The molecule has 8 heteroatoms. The molecule has 0 saturated carbocycles. The first kappa shape index (κ1) is 26.1. The van der Waals surface area contributed by atoms with E-state index >= 15 is 0 Å². The van der Waals surface area contributed by atoms with Gasteiger partial charge in [-0.1, -0.05) is 0 Å². The van der Waals surface area contributed by atoms with Crippen molar-refractivity contribution < 1.29 is 33.6 Å². The standard InChI is InChI=1S/C25H35NO7/c1-13-18(22(28)32-24(3,4)5)20(15-11-16(30-9)21(27)17(12-15)31-10)19(14(2)26-13)23(29)33-25(6,7)8/h11-12,20,26-27H,1-10H3. The van der Waals surface area contributed by atoms with Gasteiger partial charge in [0.25, 0.3) is 0 Å². The van der Waals surface area contributed by atoms with Crippen molar-refractivity contribution >= 4 is 11.9 Å². The number of methoxy groups -OCH3 is 2. The number of dihydropyridines is 1. The van der Waals surface area contributed by atoms with Gasteiger partial charge in [-0.25, -0.2) is 9.59 Å². The summed E-state index contributed by atoms with van der Waals surface area (Å²) in [6.07, 6.45) is 0. The summed E-state index contributed by atoms with van der Waals surface area (Å²) in [5.41, 5.74) is 0.610. The number of rotatable bonds is 5. The highest BCUT2D eigenvalue weighted by atomic mass is 16.6. The molecule has 0 radical (unpaired) electrons. The molecule has 0 aliphatic carbocycles. The van der Waals surface area contributed by atoms with E-state index in [0.717, 1.165) is 0 Å². The minimum atomic E-state index is -0.848. The molecule has 2 rings (SSSR count). The molecule has 0 spiro atoms. The van der Waals surface area contributed by atoms with Crippen molar-refractivity contribution in [1.82, 2.24) is 5.32 Å². The Hall–Kier alpha value is -3.16. The number of hydrogen-bond donors (Lipinski definition) is 2. The number of hydrogen-bond acceptors (Lipinski definition) is 8. The highest BCUT2D eigenvalue weighted by Crippen LogP contribution is 2.45. The van der Waals surface area contributed by atoms with E-state index in [4.69, 9.17) is 18.9 Å². The van der Waals surface area contributed by atoms with Gasteiger partial charge in [-0.2, -0.15) is 0 Å². The van der Waals surface area contributed by atoms with Gasteiger partial charge in [-0.15, -0.1) is 0 Å². The van der Waals surface area contributed by atoms with E-state index < -0.39 is 29.1 Å². The van der Waals surface area contributed by atoms with E-state index in [2.05, 4.69) is 5.32 Å². The maximum atomic E-state index is 13.3. The molecular weight excluding hydrogens is 426 g/mol. The smallest absolute Gasteiger partial charge is 0.337 e. The van der Waals surface area contributed by atoms with Crippen LogP contribution in [-0.4, -0.2) is 42.5 Å². The van der Waals surface area contributed by atoms with Crippen LogP contribution >= 0.6 is 0 Å². The Balaban J connectivity index is 2.80. The van der Waals surface area contributed by atoms with Crippen LogP contribution < -0.4 is 14.8 Å². The van der Waals surface area contributed by atoms with Crippen LogP contribution in [0, 0.1) is 0 Å². The van der Waals surface area contributed by atoms with Gasteiger partial charge in [0.15, 0.2) is 11.5 Å². The number of phenolic OH excluding ortho intramolecular Hbond substituents is 1. The second kappa shape index (κ2) is 9.37. The van der Waals surface area contributed by atoms with E-state index in [1.807, 2.05) is 0 Å². The third-order valence-electron chi connectivity index (χ3n) is 4.83. The predicted molar refractivity (Wildman–Crippen MR) is 124 cm³/mol. The molecule has 1 aliphatic heterocycles. The molecule has 1 heterocycles. The van der Waals surface area contributed by atoms with Crippen molar-refractivity contribution in [3.63, 3.8) is 0 Å². The Labute approximate surface area is 195 Å². The van der Waals surface area contributed by atoms with Crippen molar-refractivity contribution in [3.8, 4) is 17.2 Å². The van der Waals surface area contributed by atoms with Gasteiger partial charge in [-0.3, -0.25) is 0 Å². The van der Waals surface area contributed by atoms with Gasteiger partial charge >= 0.3 is 11.9 Å². The summed E-state index contributed by atoms with van der Waals surface area (Å²) in [6, 6.07) is 3.15. The molecule has 182 valence electrons. The first-order valence-corrected chi connectivity index (χ1v) is 10.7. The van der Waals surface area contributed by atoms with Gasteiger partial charge in [0.1, 0.15) is 11.2 Å². The molecule has 8 nitrogen and oxygen atoms in total. The molecule has 0 amide bonds. The van der Waals surface area contributed by atoms with Crippen LogP contribution in [0.2, 0.25) is 0 Å². The van der Waals surface area contributed by atoms with Crippen LogP contribution in [-0.2, 0) is 19.1 Å². The summed E-state index contributed by atoms with van der Waals surface area (Å²) < 4.78 is 22.0. The predicted octanol–water partition coefficient (Wildman–Crippen LogP) is 4.33. The summed E-state index contributed by atoms with van der Waals surface area (Å²) >= 11 is 0. The minimum Gasteiger partial charge on any atom is -0.502 e. The molecular formula is C25H35NO7. The molecule has 1 aromatic carbocycles. The zero-order chi connectivity index (χ0) is 25.3. The van der Waals surface area contributed by atoms with Crippen LogP contribution in [0.3, 0.4) is 0 Å². The molecule has 33 heavy (non-hydrogen) atoms. The van der Waals surface area contributed by atoms with Gasteiger partial charge in [0.2, 0.25) is 5.75 Å². The number of nitrogens with one attached hydrogen (secondary N) is 1. The lowest BCUT2D eigenvalue weighted by Gasteiger charge is -2.33. The van der Waals surface area contributed by atoms with Crippen LogP contribution in [0.5, 0.6) is 17.2 Å². The number of allylic oxidation sites excluding steroid dienone is 2. The summed E-state index contributed by atoms with van der Waals surface area (Å²) in [7, 11) is 2.82. The van der Waals surface area contributed by atoms with Gasteiger partial charge < -0.3 is 29.4 Å². The first-order chi connectivity index (χ1) is 15.1. The summed E-state index contributed by atoms with van der Waals surface area (Å²) in [4.78, 5) is 26.7. The number of ether oxygens (including phenoxy) is 4. The van der Waals surface area contributed by atoms with Crippen LogP contribution in [0.4, 0.5) is 0 Å². The zero-order valence-corrected chi connectivity index (χ0v) is 21.1. The van der Waals surface area contributed by atoms with Crippen LogP contribution in [0.15, 0.2) is 34.7 Å². The first-order valence-electron chi connectivity index (χ1n) is 10.7. The summed E-state index contributed by atoms with van der Waals surface area (Å²) in [5.74, 6) is -1.89. The highest BCUT2D eigenvalue weighted by Gasteiger charge is 2.40. The van der Waals surface area contributed by atoms with Crippen molar-refractivity contribution in [1.29, 1.82) is 0 Å². The van der Waals surface area contributed by atoms with E-state index in [1.165, 1.54) is 14.2 Å². The van der Waals surface area contributed by atoms with E-state index in [1.54, 1.807) is 67.5 Å². The lowest BCUT2D eigenvalue weighted by atomic mass is 9.80. The Bertz CT molecular complexity index is 932. The van der Waals surface area contributed by atoms with Gasteiger partial charge in [0, 0.05) is 11.4 Å². The molecule has 0 atom stereocenters. The number of benzene rings is 1. The van der Waals surface area contributed by atoms with Gasteiger partial charge in [-0.05, 0) is 73.1 Å². The van der Waals surface area contributed by atoms with E-state index in [0.29, 0.717) is 17.0 Å². The fraction of sp³-hybridized carbons (Fsp3) is 0.520. The third kappa shape index (κ3) is 6.00. The number of esters is 2. The second-order valence-electron chi connectivity index (χ2n) is 9.91. The topological polar surface area (TPSA) is 103 Å². The normalized spacial score (nSPS) is 15.2. The molecule has 0 saturated heterocycles. The van der Waals surface area contributed by atoms with Gasteiger partial charge in [0.05, 0.1) is 31.3 Å². The SMILES string of the molecule is COc1cc(C2C(C(=O)OC(C)(C)C)=C(C)NC(C)=C2C(=O)OC(C)(C)C)cc(OC)c1O. The fourth-order valence-electron chi connectivity index (χ4n) is 3.62. The monoisotopic (exact) mass is 461 g/mol. The van der Waals surface area contributed by atoms with Crippen molar-refractivity contribution in [2.75, 3.05) is 14.2 Å².